The first-order valence-electron chi connectivity index (χ1n) is 5.55. The Balaban J connectivity index is 2.40. The van der Waals surface area contributed by atoms with Crippen LogP contribution < -0.4 is 10.6 Å². The van der Waals surface area contributed by atoms with Crippen LogP contribution in [0, 0.1) is 6.92 Å². The summed E-state index contributed by atoms with van der Waals surface area (Å²) in [6, 6.07) is 15.6. The summed E-state index contributed by atoms with van der Waals surface area (Å²) >= 11 is 0. The molecule has 0 atom stereocenters. The number of carbonyl (C=O) groups is 1. The lowest BCUT2D eigenvalue weighted by atomic mass is 10.0. The van der Waals surface area contributed by atoms with E-state index in [1.165, 1.54) is 0 Å². The zero-order valence-electron chi connectivity index (χ0n) is 9.47. The van der Waals surface area contributed by atoms with Crippen molar-refractivity contribution >= 4 is 11.5 Å². The molecule has 0 unspecified atom stereocenters. The van der Waals surface area contributed by atoms with E-state index in [0.29, 0.717) is 5.57 Å². The maximum atomic E-state index is 11.9. The summed E-state index contributed by atoms with van der Waals surface area (Å²) in [6.45, 7) is 2.02. The lowest BCUT2D eigenvalue weighted by molar-refractivity contribution is -0.112. The highest BCUT2D eigenvalue weighted by Crippen LogP contribution is 2.13. The van der Waals surface area contributed by atoms with Gasteiger partial charge in [0.25, 0.3) is 5.91 Å². The average Bonchev–Trinajstić information content (AvgIpc) is 2.65. The smallest absolute Gasteiger partial charge is 0.267 e. The van der Waals surface area contributed by atoms with Crippen LogP contribution in [0.1, 0.15) is 11.1 Å². The zero-order chi connectivity index (χ0) is 11.8. The molecular formula is C15H11NO. The summed E-state index contributed by atoms with van der Waals surface area (Å²) in [5.74, 6) is -0.142. The number of rotatable bonds is 1. The molecule has 1 amide bonds. The molecule has 2 heteroatoms. The van der Waals surface area contributed by atoms with Crippen LogP contribution in [-0.2, 0) is 4.79 Å². The topological polar surface area (TPSA) is 29.4 Å². The van der Waals surface area contributed by atoms with Crippen molar-refractivity contribution in [1.29, 1.82) is 0 Å². The summed E-state index contributed by atoms with van der Waals surface area (Å²) in [5.41, 5.74) is 2.79. The third kappa shape index (κ3) is 1.58. The molecule has 82 valence electrons. The van der Waals surface area contributed by atoms with Crippen molar-refractivity contribution in [3.05, 3.63) is 70.2 Å². The Morgan fingerprint density at radius 2 is 1.76 bits per heavy atom. The van der Waals surface area contributed by atoms with E-state index in [-0.39, 0.29) is 5.91 Å². The first-order valence-corrected chi connectivity index (χ1v) is 5.55. The van der Waals surface area contributed by atoms with Crippen LogP contribution in [-0.4, -0.2) is 5.91 Å². The molecule has 1 heterocycles. The molecule has 0 saturated carbocycles. The number of hydrogen-bond acceptors (Lipinski definition) is 1. The molecule has 0 bridgehead atoms. The highest BCUT2D eigenvalue weighted by atomic mass is 16.1. The SMILES string of the molecule is Cc1ccc2c(c1)=C(c1ccccc1)C(=O)N=2. The standard InChI is InChI=1S/C15H11NO/c1-10-7-8-13-12(9-10)14(15(17)16-13)11-5-3-2-4-6-11/h2-9H,1H3. The normalized spacial score (nSPS) is 13.5. The van der Waals surface area contributed by atoms with Gasteiger partial charge < -0.3 is 0 Å². The van der Waals surface area contributed by atoms with Crippen molar-refractivity contribution in [2.75, 3.05) is 0 Å². The van der Waals surface area contributed by atoms with Crippen molar-refractivity contribution in [2.45, 2.75) is 6.92 Å². The molecule has 2 nitrogen and oxygen atoms in total. The van der Waals surface area contributed by atoms with Crippen molar-refractivity contribution in [1.82, 2.24) is 0 Å². The van der Waals surface area contributed by atoms with Gasteiger partial charge in [0.2, 0.25) is 0 Å². The fraction of sp³-hybridized carbons (Fsp3) is 0.0667. The van der Waals surface area contributed by atoms with E-state index in [1.54, 1.807) is 0 Å². The van der Waals surface area contributed by atoms with Crippen molar-refractivity contribution in [3.8, 4) is 0 Å². The Labute approximate surface area is 98.9 Å². The molecule has 0 radical (unpaired) electrons. The molecule has 0 spiro atoms. The molecule has 0 N–H and O–H groups in total. The minimum atomic E-state index is -0.142. The largest absolute Gasteiger partial charge is 0.278 e. The van der Waals surface area contributed by atoms with Crippen LogP contribution in [0.25, 0.3) is 5.57 Å². The van der Waals surface area contributed by atoms with Crippen LogP contribution >= 0.6 is 0 Å². The molecule has 17 heavy (non-hydrogen) atoms. The van der Waals surface area contributed by atoms with Crippen LogP contribution in [0.15, 0.2) is 53.5 Å². The molecule has 0 saturated heterocycles. The van der Waals surface area contributed by atoms with E-state index in [0.717, 1.165) is 21.7 Å². The zero-order valence-corrected chi connectivity index (χ0v) is 9.47. The Hall–Kier alpha value is -2.22. The number of hydrogen-bond donors (Lipinski definition) is 0. The number of benzene rings is 2. The molecule has 0 aliphatic carbocycles. The summed E-state index contributed by atoms with van der Waals surface area (Å²) in [7, 11) is 0. The number of aryl methyl sites for hydroxylation is 1. The summed E-state index contributed by atoms with van der Waals surface area (Å²) in [6.07, 6.45) is 0. The average molecular weight is 221 g/mol. The lowest BCUT2D eigenvalue weighted by Gasteiger charge is -1.99. The Morgan fingerprint density at radius 1 is 1.00 bits per heavy atom. The fourth-order valence-corrected chi connectivity index (χ4v) is 2.11. The minimum absolute atomic E-state index is 0.142. The Bertz CT molecular complexity index is 714. The van der Waals surface area contributed by atoms with Gasteiger partial charge in [-0.1, -0.05) is 42.0 Å². The van der Waals surface area contributed by atoms with E-state index < -0.39 is 0 Å². The van der Waals surface area contributed by atoms with Crippen LogP contribution in [0.3, 0.4) is 0 Å². The van der Waals surface area contributed by atoms with Gasteiger partial charge in [0.1, 0.15) is 0 Å². The summed E-state index contributed by atoms with van der Waals surface area (Å²) < 4.78 is 0. The van der Waals surface area contributed by atoms with E-state index in [9.17, 15) is 4.79 Å². The quantitative estimate of drug-likeness (QED) is 0.714. The number of carbonyl (C=O) groups excluding carboxylic acids is 1. The molecule has 2 aromatic carbocycles. The summed E-state index contributed by atoms with van der Waals surface area (Å²) in [4.78, 5) is 16.0. The van der Waals surface area contributed by atoms with Gasteiger partial charge in [-0.05, 0) is 24.6 Å². The van der Waals surface area contributed by atoms with Gasteiger partial charge in [0, 0.05) is 5.22 Å². The third-order valence-corrected chi connectivity index (χ3v) is 2.92. The second kappa shape index (κ2) is 3.67. The highest BCUT2D eigenvalue weighted by molar-refractivity contribution is 6.20. The maximum Gasteiger partial charge on any atom is 0.278 e. The van der Waals surface area contributed by atoms with E-state index in [4.69, 9.17) is 0 Å². The van der Waals surface area contributed by atoms with Gasteiger partial charge in [0.05, 0.1) is 10.9 Å². The molecule has 3 rings (SSSR count). The summed E-state index contributed by atoms with van der Waals surface area (Å²) in [5, 5.41) is 1.72. The molecule has 2 aromatic rings. The predicted octanol–water partition coefficient (Wildman–Crippen LogP) is 1.35. The van der Waals surface area contributed by atoms with Crippen LogP contribution in [0.2, 0.25) is 0 Å². The van der Waals surface area contributed by atoms with E-state index >= 15 is 0 Å². The third-order valence-electron chi connectivity index (χ3n) is 2.92. The minimum Gasteiger partial charge on any atom is -0.267 e. The molecule has 1 aliphatic rings. The van der Waals surface area contributed by atoms with E-state index in [1.807, 2.05) is 55.5 Å². The lowest BCUT2D eigenvalue weighted by Crippen LogP contribution is -2.23. The first-order chi connectivity index (χ1) is 8.25. The second-order valence-corrected chi connectivity index (χ2v) is 4.18. The number of nitrogens with zero attached hydrogens (tertiary/aromatic N) is 1. The number of fused-ring (bicyclic) bond motifs is 1. The van der Waals surface area contributed by atoms with Crippen LogP contribution in [0.5, 0.6) is 0 Å². The molecule has 1 aliphatic heterocycles. The molecule has 0 aromatic heterocycles. The van der Waals surface area contributed by atoms with Crippen LogP contribution in [0.4, 0.5) is 0 Å². The maximum absolute atomic E-state index is 11.9. The van der Waals surface area contributed by atoms with Gasteiger partial charge >= 0.3 is 0 Å². The fourth-order valence-electron chi connectivity index (χ4n) is 2.11. The number of amides is 1. The Kier molecular flexibility index (Phi) is 2.15. The van der Waals surface area contributed by atoms with Crippen molar-refractivity contribution in [3.63, 3.8) is 0 Å². The van der Waals surface area contributed by atoms with Crippen molar-refractivity contribution < 1.29 is 4.79 Å². The van der Waals surface area contributed by atoms with Gasteiger partial charge in [-0.25, -0.2) is 4.99 Å². The van der Waals surface area contributed by atoms with Gasteiger partial charge in [-0.2, -0.15) is 0 Å². The second-order valence-electron chi connectivity index (χ2n) is 4.18. The monoisotopic (exact) mass is 221 g/mol. The van der Waals surface area contributed by atoms with E-state index in [2.05, 4.69) is 4.99 Å². The Morgan fingerprint density at radius 3 is 2.53 bits per heavy atom. The van der Waals surface area contributed by atoms with Crippen molar-refractivity contribution in [2.24, 2.45) is 4.99 Å². The van der Waals surface area contributed by atoms with Gasteiger partial charge in [-0.15, -0.1) is 0 Å². The van der Waals surface area contributed by atoms with Gasteiger partial charge in [-0.3, -0.25) is 4.79 Å². The molecular weight excluding hydrogens is 210 g/mol. The predicted molar refractivity (Wildman–Crippen MR) is 65.9 cm³/mol. The first kappa shape index (κ1) is 9.97. The molecule has 0 fully saturated rings. The highest BCUT2D eigenvalue weighted by Gasteiger charge is 2.17. The van der Waals surface area contributed by atoms with Gasteiger partial charge in [0.15, 0.2) is 0 Å².